The van der Waals surface area contributed by atoms with Gasteiger partial charge in [0.2, 0.25) is 0 Å². The zero-order valence-electron chi connectivity index (χ0n) is 11.9. The fraction of sp³-hybridized carbons (Fsp3) is 0.438. The maximum absolute atomic E-state index is 6.46. The van der Waals surface area contributed by atoms with Gasteiger partial charge in [-0.25, -0.2) is 0 Å². The lowest BCUT2D eigenvalue weighted by Crippen LogP contribution is -2.03. The molecule has 2 rings (SSSR count). The molecule has 0 saturated carbocycles. The van der Waals surface area contributed by atoms with E-state index in [0.29, 0.717) is 0 Å². The Labute approximate surface area is 134 Å². The van der Waals surface area contributed by atoms with Crippen molar-refractivity contribution in [3.8, 4) is 0 Å². The summed E-state index contributed by atoms with van der Waals surface area (Å²) in [5.74, 6) is 0. The van der Waals surface area contributed by atoms with E-state index in [4.69, 9.17) is 11.6 Å². The Balaban J connectivity index is 1.93. The molecule has 0 aliphatic carbocycles. The molecule has 1 aromatic carbocycles. The van der Waals surface area contributed by atoms with E-state index in [0.717, 1.165) is 36.0 Å². The topological polar surface area (TPSA) is 17.8 Å². The fourth-order valence-electron chi connectivity index (χ4n) is 2.39. The molecule has 108 valence electrons. The summed E-state index contributed by atoms with van der Waals surface area (Å²) in [6.07, 6.45) is 3.05. The van der Waals surface area contributed by atoms with Crippen molar-refractivity contribution >= 4 is 27.5 Å². The molecule has 0 aliphatic heterocycles. The summed E-state index contributed by atoms with van der Waals surface area (Å²) in [4.78, 5) is 0. The standard InChI is InChI=1S/C16H20BrClN2/c1-3-20-15(16(17)12(2)19-20)11-7-10-14(18)13-8-5-4-6-9-13/h4-6,8-9,14H,3,7,10-11H2,1-2H3. The smallest absolute Gasteiger partial charge is 0.0738 e. The van der Waals surface area contributed by atoms with Gasteiger partial charge in [-0.2, -0.15) is 5.10 Å². The Morgan fingerprint density at radius 1 is 1.30 bits per heavy atom. The second-order valence-corrected chi connectivity index (χ2v) is 6.25. The minimum absolute atomic E-state index is 0.0917. The van der Waals surface area contributed by atoms with Crippen LogP contribution in [0.1, 0.15) is 42.1 Å². The molecule has 1 atom stereocenters. The van der Waals surface area contributed by atoms with E-state index in [-0.39, 0.29) is 5.38 Å². The summed E-state index contributed by atoms with van der Waals surface area (Å²) in [7, 11) is 0. The number of hydrogen-bond acceptors (Lipinski definition) is 1. The third-order valence-electron chi connectivity index (χ3n) is 3.49. The van der Waals surface area contributed by atoms with Crippen LogP contribution in [0.25, 0.3) is 0 Å². The number of benzene rings is 1. The van der Waals surface area contributed by atoms with Gasteiger partial charge in [0.05, 0.1) is 21.2 Å². The van der Waals surface area contributed by atoms with E-state index in [1.54, 1.807) is 0 Å². The molecule has 1 unspecified atom stereocenters. The van der Waals surface area contributed by atoms with Gasteiger partial charge in [0.25, 0.3) is 0 Å². The van der Waals surface area contributed by atoms with Gasteiger partial charge in [-0.15, -0.1) is 11.6 Å². The van der Waals surface area contributed by atoms with E-state index < -0.39 is 0 Å². The average Bonchev–Trinajstić information content (AvgIpc) is 2.75. The Morgan fingerprint density at radius 2 is 2.00 bits per heavy atom. The molecule has 0 bridgehead atoms. The highest BCUT2D eigenvalue weighted by molar-refractivity contribution is 9.10. The van der Waals surface area contributed by atoms with Crippen molar-refractivity contribution in [1.82, 2.24) is 9.78 Å². The number of nitrogens with zero attached hydrogens (tertiary/aromatic N) is 2. The van der Waals surface area contributed by atoms with Gasteiger partial charge in [-0.1, -0.05) is 30.3 Å². The third-order valence-corrected chi connectivity index (χ3v) is 4.99. The number of aryl methyl sites for hydroxylation is 2. The van der Waals surface area contributed by atoms with Crippen LogP contribution in [-0.4, -0.2) is 9.78 Å². The van der Waals surface area contributed by atoms with E-state index >= 15 is 0 Å². The molecule has 0 saturated heterocycles. The lowest BCUT2D eigenvalue weighted by atomic mass is 10.1. The molecule has 1 aromatic heterocycles. The first-order chi connectivity index (χ1) is 9.63. The maximum Gasteiger partial charge on any atom is 0.0738 e. The normalized spacial score (nSPS) is 12.6. The summed E-state index contributed by atoms with van der Waals surface area (Å²) in [5, 5.41) is 4.61. The highest BCUT2D eigenvalue weighted by atomic mass is 79.9. The summed E-state index contributed by atoms with van der Waals surface area (Å²) in [5.41, 5.74) is 3.54. The van der Waals surface area contributed by atoms with E-state index in [2.05, 4.69) is 44.8 Å². The molecule has 1 heterocycles. The van der Waals surface area contributed by atoms with Gasteiger partial charge in [0, 0.05) is 6.54 Å². The van der Waals surface area contributed by atoms with Gasteiger partial charge < -0.3 is 0 Å². The molecule has 0 fully saturated rings. The lowest BCUT2D eigenvalue weighted by molar-refractivity contribution is 0.595. The summed E-state index contributed by atoms with van der Waals surface area (Å²) in [6.45, 7) is 5.07. The molecule has 0 N–H and O–H groups in total. The zero-order valence-corrected chi connectivity index (χ0v) is 14.3. The number of alkyl halides is 1. The number of rotatable bonds is 6. The van der Waals surface area contributed by atoms with Crippen molar-refractivity contribution < 1.29 is 0 Å². The van der Waals surface area contributed by atoms with Gasteiger partial charge >= 0.3 is 0 Å². The first-order valence-corrected chi connectivity index (χ1v) is 8.27. The highest BCUT2D eigenvalue weighted by Crippen LogP contribution is 2.28. The van der Waals surface area contributed by atoms with Gasteiger partial charge in [-0.05, 0) is 54.6 Å². The minimum Gasteiger partial charge on any atom is -0.268 e. The van der Waals surface area contributed by atoms with Crippen molar-refractivity contribution in [1.29, 1.82) is 0 Å². The Bertz CT molecular complexity index is 551. The molecule has 20 heavy (non-hydrogen) atoms. The zero-order chi connectivity index (χ0) is 14.5. The van der Waals surface area contributed by atoms with E-state index in [1.807, 2.05) is 25.1 Å². The van der Waals surface area contributed by atoms with Gasteiger partial charge in [0.15, 0.2) is 0 Å². The second kappa shape index (κ2) is 7.28. The molecule has 4 heteroatoms. The van der Waals surface area contributed by atoms with Crippen molar-refractivity contribution in [2.75, 3.05) is 0 Å². The van der Waals surface area contributed by atoms with Crippen LogP contribution < -0.4 is 0 Å². The van der Waals surface area contributed by atoms with Crippen molar-refractivity contribution in [2.45, 2.75) is 45.0 Å². The van der Waals surface area contributed by atoms with Crippen molar-refractivity contribution in [3.05, 3.63) is 51.8 Å². The number of hydrogen-bond donors (Lipinski definition) is 0. The van der Waals surface area contributed by atoms with Crippen LogP contribution in [0.15, 0.2) is 34.8 Å². The van der Waals surface area contributed by atoms with Crippen LogP contribution >= 0.6 is 27.5 Å². The lowest BCUT2D eigenvalue weighted by Gasteiger charge is -2.10. The van der Waals surface area contributed by atoms with Gasteiger partial charge in [0.1, 0.15) is 0 Å². The Hall–Kier alpha value is -0.800. The second-order valence-electron chi connectivity index (χ2n) is 4.93. The third kappa shape index (κ3) is 3.64. The maximum atomic E-state index is 6.46. The first-order valence-electron chi connectivity index (χ1n) is 7.04. The van der Waals surface area contributed by atoms with E-state index in [9.17, 15) is 0 Å². The molecule has 2 nitrogen and oxygen atoms in total. The predicted molar refractivity (Wildman–Crippen MR) is 88.3 cm³/mol. The number of halogens is 2. The van der Waals surface area contributed by atoms with Crippen LogP contribution in [0.3, 0.4) is 0 Å². The molecular weight excluding hydrogens is 336 g/mol. The van der Waals surface area contributed by atoms with Crippen LogP contribution in [0.4, 0.5) is 0 Å². The van der Waals surface area contributed by atoms with Crippen molar-refractivity contribution in [2.24, 2.45) is 0 Å². The fourth-order valence-corrected chi connectivity index (χ4v) is 3.17. The molecule has 2 aromatic rings. The largest absolute Gasteiger partial charge is 0.268 e. The molecule has 0 radical (unpaired) electrons. The minimum atomic E-state index is 0.0917. The molecule has 0 aliphatic rings. The Kier molecular flexibility index (Phi) is 5.67. The van der Waals surface area contributed by atoms with Crippen LogP contribution in [0.2, 0.25) is 0 Å². The summed E-state index contributed by atoms with van der Waals surface area (Å²) in [6, 6.07) is 10.3. The Morgan fingerprint density at radius 3 is 2.65 bits per heavy atom. The monoisotopic (exact) mass is 354 g/mol. The quantitative estimate of drug-likeness (QED) is 0.645. The summed E-state index contributed by atoms with van der Waals surface area (Å²) < 4.78 is 3.22. The summed E-state index contributed by atoms with van der Waals surface area (Å²) >= 11 is 10.1. The molecule has 0 spiro atoms. The van der Waals surface area contributed by atoms with Gasteiger partial charge in [-0.3, -0.25) is 4.68 Å². The first kappa shape index (κ1) is 15.6. The van der Waals surface area contributed by atoms with Crippen LogP contribution in [0, 0.1) is 6.92 Å². The molecule has 0 amide bonds. The van der Waals surface area contributed by atoms with E-state index in [1.165, 1.54) is 11.3 Å². The van der Waals surface area contributed by atoms with Crippen LogP contribution in [-0.2, 0) is 13.0 Å². The predicted octanol–water partition coefficient (Wildman–Crippen LogP) is 5.28. The van der Waals surface area contributed by atoms with Crippen molar-refractivity contribution in [3.63, 3.8) is 0 Å². The highest BCUT2D eigenvalue weighted by Gasteiger charge is 2.13. The van der Waals surface area contributed by atoms with Crippen LogP contribution in [0.5, 0.6) is 0 Å². The SMILES string of the molecule is CCn1nc(C)c(Br)c1CCCC(Cl)c1ccccc1. The average molecular weight is 356 g/mol. The number of aromatic nitrogens is 2. The molecular formula is C16H20BrClN2.